The highest BCUT2D eigenvalue weighted by Gasteiger charge is 2.39. The van der Waals surface area contributed by atoms with Crippen LogP contribution in [-0.4, -0.2) is 50.8 Å². The van der Waals surface area contributed by atoms with Crippen LogP contribution in [0.15, 0.2) is 28.8 Å². The van der Waals surface area contributed by atoms with E-state index in [0.717, 1.165) is 5.39 Å². The van der Waals surface area contributed by atoms with E-state index in [1.165, 1.54) is 4.90 Å². The number of aliphatic carboxylic acids is 1. The molecule has 1 saturated heterocycles. The lowest BCUT2D eigenvalue weighted by molar-refractivity contribution is -0.148. The molecule has 2 N–H and O–H groups in total. The van der Waals surface area contributed by atoms with Gasteiger partial charge < -0.3 is 19.6 Å². The van der Waals surface area contributed by atoms with Crippen molar-refractivity contribution in [3.8, 4) is 0 Å². The number of aromatic nitrogens is 1. The first-order valence-corrected chi connectivity index (χ1v) is 6.60. The largest absolute Gasteiger partial charge is 0.480 e. The Morgan fingerprint density at radius 2 is 2.14 bits per heavy atom. The molecule has 2 heterocycles. The van der Waals surface area contributed by atoms with Gasteiger partial charge in [-0.05, 0) is 12.1 Å². The van der Waals surface area contributed by atoms with Crippen LogP contribution in [0, 0.1) is 0 Å². The Hall–Kier alpha value is -2.41. The summed E-state index contributed by atoms with van der Waals surface area (Å²) in [5.41, 5.74) is 1.05. The molecule has 1 fully saturated rings. The zero-order valence-electron chi connectivity index (χ0n) is 11.1. The highest BCUT2D eigenvalue weighted by atomic mass is 16.5. The lowest BCUT2D eigenvalue weighted by Gasteiger charge is -2.20. The zero-order chi connectivity index (χ0) is 15.0. The quantitative estimate of drug-likeness (QED) is 0.849. The summed E-state index contributed by atoms with van der Waals surface area (Å²) in [6.45, 7) is 0.0333. The predicted molar refractivity (Wildman–Crippen MR) is 71.5 cm³/mol. The number of fused-ring (bicyclic) bond motifs is 1. The predicted octanol–water partition coefficient (Wildman–Crippen LogP) is 0.417. The molecule has 1 amide bonds. The number of likely N-dealkylation sites (tertiary alicyclic amines) is 1. The Bertz CT molecular complexity index is 695. The fraction of sp³-hybridized carbons (Fsp3) is 0.357. The number of rotatable bonds is 3. The van der Waals surface area contributed by atoms with Crippen molar-refractivity contribution >= 4 is 22.8 Å². The van der Waals surface area contributed by atoms with Crippen molar-refractivity contribution in [3.63, 3.8) is 0 Å². The molecule has 0 aliphatic carbocycles. The summed E-state index contributed by atoms with van der Waals surface area (Å²) >= 11 is 0. The normalized spacial score (nSPS) is 21.9. The smallest absolute Gasteiger partial charge is 0.326 e. The number of nitrogens with zero attached hydrogens (tertiary/aromatic N) is 2. The summed E-state index contributed by atoms with van der Waals surface area (Å²) in [6.07, 6.45) is -0.794. The van der Waals surface area contributed by atoms with Crippen molar-refractivity contribution in [1.29, 1.82) is 0 Å². The average molecular weight is 290 g/mol. The second-order valence-electron chi connectivity index (χ2n) is 5.09. The van der Waals surface area contributed by atoms with E-state index < -0.39 is 18.1 Å². The van der Waals surface area contributed by atoms with E-state index in [0.29, 0.717) is 11.3 Å². The van der Waals surface area contributed by atoms with Gasteiger partial charge in [0, 0.05) is 18.4 Å². The van der Waals surface area contributed by atoms with E-state index >= 15 is 0 Å². The van der Waals surface area contributed by atoms with E-state index in [4.69, 9.17) is 9.63 Å². The first-order chi connectivity index (χ1) is 10.1. The molecular formula is C14H14N2O5. The summed E-state index contributed by atoms with van der Waals surface area (Å²) < 4.78 is 5.12. The molecular weight excluding hydrogens is 276 g/mol. The van der Waals surface area contributed by atoms with Crippen LogP contribution in [0.4, 0.5) is 0 Å². The molecule has 3 rings (SSSR count). The Balaban J connectivity index is 1.81. The summed E-state index contributed by atoms with van der Waals surface area (Å²) in [6, 6.07) is 6.17. The highest BCUT2D eigenvalue weighted by Crippen LogP contribution is 2.22. The van der Waals surface area contributed by atoms with Gasteiger partial charge in [0.15, 0.2) is 5.58 Å². The molecule has 1 aromatic carbocycles. The fourth-order valence-corrected chi connectivity index (χ4v) is 2.63. The minimum absolute atomic E-state index is 0.0333. The van der Waals surface area contributed by atoms with Crippen LogP contribution in [0.1, 0.15) is 12.1 Å². The molecule has 2 unspecified atom stereocenters. The van der Waals surface area contributed by atoms with Crippen LogP contribution in [0.3, 0.4) is 0 Å². The lowest BCUT2D eigenvalue weighted by atomic mass is 10.1. The van der Waals surface area contributed by atoms with Crippen molar-refractivity contribution in [2.24, 2.45) is 0 Å². The topological polar surface area (TPSA) is 104 Å². The molecule has 0 saturated carbocycles. The molecule has 2 atom stereocenters. The Labute approximate surface area is 119 Å². The molecule has 1 aliphatic heterocycles. The molecule has 2 aromatic rings. The highest BCUT2D eigenvalue weighted by molar-refractivity contribution is 5.89. The van der Waals surface area contributed by atoms with Gasteiger partial charge in [-0.25, -0.2) is 4.79 Å². The van der Waals surface area contributed by atoms with Gasteiger partial charge in [-0.3, -0.25) is 4.79 Å². The van der Waals surface area contributed by atoms with Gasteiger partial charge in [-0.1, -0.05) is 17.3 Å². The van der Waals surface area contributed by atoms with Crippen LogP contribution in [0.25, 0.3) is 11.0 Å². The number of carbonyl (C=O) groups excluding carboxylic acids is 1. The van der Waals surface area contributed by atoms with E-state index in [9.17, 15) is 14.7 Å². The summed E-state index contributed by atoms with van der Waals surface area (Å²) in [7, 11) is 0. The maximum atomic E-state index is 12.3. The number of hydrogen-bond donors (Lipinski definition) is 2. The number of carboxylic acid groups (broad SMARTS) is 1. The minimum Gasteiger partial charge on any atom is -0.480 e. The SMILES string of the molecule is O=C(O)C1CC(O)CN1C(=O)Cc1noc2ccccc12. The van der Waals surface area contributed by atoms with Gasteiger partial charge in [-0.15, -0.1) is 0 Å². The van der Waals surface area contributed by atoms with Crippen LogP contribution in [-0.2, 0) is 16.0 Å². The molecule has 0 spiro atoms. The van der Waals surface area contributed by atoms with E-state index in [2.05, 4.69) is 5.16 Å². The first-order valence-electron chi connectivity index (χ1n) is 6.60. The van der Waals surface area contributed by atoms with Crippen LogP contribution in [0.5, 0.6) is 0 Å². The van der Waals surface area contributed by atoms with Gasteiger partial charge in [-0.2, -0.15) is 0 Å². The van der Waals surface area contributed by atoms with Crippen molar-refractivity contribution < 1.29 is 24.3 Å². The molecule has 1 aromatic heterocycles. The van der Waals surface area contributed by atoms with Crippen molar-refractivity contribution in [3.05, 3.63) is 30.0 Å². The van der Waals surface area contributed by atoms with E-state index in [-0.39, 0.29) is 25.3 Å². The van der Waals surface area contributed by atoms with Gasteiger partial charge in [0.1, 0.15) is 11.7 Å². The summed E-state index contributed by atoms with van der Waals surface area (Å²) in [4.78, 5) is 24.6. The van der Waals surface area contributed by atoms with Crippen LogP contribution >= 0.6 is 0 Å². The molecule has 110 valence electrons. The number of para-hydroxylation sites is 1. The maximum Gasteiger partial charge on any atom is 0.326 e. The molecule has 1 aliphatic rings. The second-order valence-corrected chi connectivity index (χ2v) is 5.09. The van der Waals surface area contributed by atoms with Crippen molar-refractivity contribution in [1.82, 2.24) is 10.1 Å². The van der Waals surface area contributed by atoms with Gasteiger partial charge in [0.25, 0.3) is 0 Å². The molecule has 0 bridgehead atoms. The van der Waals surface area contributed by atoms with Gasteiger partial charge >= 0.3 is 5.97 Å². The number of hydrogen-bond acceptors (Lipinski definition) is 5. The number of aliphatic hydroxyl groups excluding tert-OH is 1. The number of amides is 1. The Morgan fingerprint density at radius 1 is 1.38 bits per heavy atom. The minimum atomic E-state index is -1.11. The van der Waals surface area contributed by atoms with Crippen LogP contribution < -0.4 is 0 Å². The third kappa shape index (κ3) is 2.47. The average Bonchev–Trinajstić information content (AvgIpc) is 3.03. The maximum absolute atomic E-state index is 12.3. The van der Waals surface area contributed by atoms with Gasteiger partial charge in [0.05, 0.1) is 12.5 Å². The molecule has 21 heavy (non-hydrogen) atoms. The summed E-state index contributed by atoms with van der Waals surface area (Å²) in [5, 5.41) is 23.3. The lowest BCUT2D eigenvalue weighted by Crippen LogP contribution is -2.41. The number of carbonyl (C=O) groups is 2. The number of carboxylic acids is 1. The number of aliphatic hydroxyl groups is 1. The molecule has 7 nitrogen and oxygen atoms in total. The first kappa shape index (κ1) is 13.6. The second kappa shape index (κ2) is 5.17. The number of benzene rings is 1. The molecule has 7 heteroatoms. The monoisotopic (exact) mass is 290 g/mol. The fourth-order valence-electron chi connectivity index (χ4n) is 2.63. The van der Waals surface area contributed by atoms with Crippen molar-refractivity contribution in [2.75, 3.05) is 6.54 Å². The van der Waals surface area contributed by atoms with E-state index in [1.54, 1.807) is 18.2 Å². The molecule has 0 radical (unpaired) electrons. The Kier molecular flexibility index (Phi) is 3.34. The Morgan fingerprint density at radius 3 is 2.90 bits per heavy atom. The number of β-amino-alcohol motifs (C(OH)–C–C–N with tert-alkyl or cyclic N) is 1. The van der Waals surface area contributed by atoms with Crippen LogP contribution in [0.2, 0.25) is 0 Å². The zero-order valence-corrected chi connectivity index (χ0v) is 11.1. The van der Waals surface area contributed by atoms with Gasteiger partial charge in [0.2, 0.25) is 5.91 Å². The van der Waals surface area contributed by atoms with Crippen molar-refractivity contribution in [2.45, 2.75) is 25.0 Å². The summed E-state index contributed by atoms with van der Waals surface area (Å²) in [5.74, 6) is -1.48. The van der Waals surface area contributed by atoms with E-state index in [1.807, 2.05) is 6.07 Å². The third-order valence-electron chi connectivity index (χ3n) is 3.66. The third-order valence-corrected chi connectivity index (χ3v) is 3.66. The standard InChI is InChI=1S/C14H14N2O5/c17-8-5-11(14(19)20)16(7-8)13(18)6-10-9-3-1-2-4-12(9)21-15-10/h1-4,8,11,17H,5-7H2,(H,19,20).